The van der Waals surface area contributed by atoms with Crippen LogP contribution in [0.5, 0.6) is 0 Å². The van der Waals surface area contributed by atoms with E-state index in [0.29, 0.717) is 0 Å². The number of likely N-dealkylation sites (tertiary alicyclic amines) is 2. The molecule has 0 atom stereocenters. The van der Waals surface area contributed by atoms with Gasteiger partial charge in [-0.1, -0.05) is 19.8 Å². The predicted molar refractivity (Wildman–Crippen MR) is 85.9 cm³/mol. The molecule has 0 aromatic rings. The first kappa shape index (κ1) is 14.8. The summed E-state index contributed by atoms with van der Waals surface area (Å²) in [5.41, 5.74) is 0. The number of hydrogen-bond acceptors (Lipinski definition) is 2. The van der Waals surface area contributed by atoms with Gasteiger partial charge in [-0.05, 0) is 82.5 Å². The highest BCUT2D eigenvalue weighted by Gasteiger charge is 2.32. The molecule has 2 aliphatic heterocycles. The topological polar surface area (TPSA) is 6.48 Å². The zero-order valence-electron chi connectivity index (χ0n) is 13.7. The number of nitrogens with zero attached hydrogens (tertiary/aromatic N) is 2. The van der Waals surface area contributed by atoms with Gasteiger partial charge in [0.2, 0.25) is 0 Å². The molecule has 0 unspecified atom stereocenters. The minimum atomic E-state index is 1.04. The van der Waals surface area contributed by atoms with Crippen LogP contribution in [0.2, 0.25) is 0 Å². The number of rotatable bonds is 4. The van der Waals surface area contributed by atoms with Gasteiger partial charge >= 0.3 is 0 Å². The Morgan fingerprint density at radius 1 is 0.800 bits per heavy atom. The molecule has 2 heterocycles. The van der Waals surface area contributed by atoms with Gasteiger partial charge in [-0.15, -0.1) is 0 Å². The van der Waals surface area contributed by atoms with Crippen molar-refractivity contribution >= 4 is 0 Å². The second kappa shape index (κ2) is 6.79. The van der Waals surface area contributed by atoms with Crippen molar-refractivity contribution in [1.82, 2.24) is 9.80 Å². The molecule has 0 amide bonds. The first-order chi connectivity index (χ1) is 9.74. The van der Waals surface area contributed by atoms with Gasteiger partial charge in [-0.25, -0.2) is 0 Å². The molecule has 0 aromatic heterocycles. The molecule has 0 aromatic carbocycles. The second-order valence-electron chi connectivity index (χ2n) is 7.88. The van der Waals surface area contributed by atoms with E-state index in [9.17, 15) is 0 Å². The molecule has 1 aliphatic carbocycles. The van der Waals surface area contributed by atoms with Crippen LogP contribution in [0.3, 0.4) is 0 Å². The first-order valence-corrected chi connectivity index (χ1v) is 9.15. The van der Waals surface area contributed by atoms with Gasteiger partial charge in [0.1, 0.15) is 0 Å². The van der Waals surface area contributed by atoms with E-state index in [2.05, 4.69) is 23.8 Å². The van der Waals surface area contributed by atoms with Gasteiger partial charge in [0.05, 0.1) is 0 Å². The SMILES string of the molecule is CCN1CC(CC2CCC(C3CCN(C)CC3)CC2)C1. The summed E-state index contributed by atoms with van der Waals surface area (Å²) in [5, 5.41) is 0. The van der Waals surface area contributed by atoms with Gasteiger partial charge in [-0.3, -0.25) is 0 Å². The standard InChI is InChI=1S/C18H34N2/c1-3-20-13-16(14-20)12-15-4-6-17(7-5-15)18-8-10-19(2)11-9-18/h15-18H,3-14H2,1-2H3. The highest BCUT2D eigenvalue weighted by molar-refractivity contribution is 4.85. The van der Waals surface area contributed by atoms with E-state index >= 15 is 0 Å². The summed E-state index contributed by atoms with van der Waals surface area (Å²) in [6.45, 7) is 9.04. The molecule has 3 fully saturated rings. The van der Waals surface area contributed by atoms with Gasteiger partial charge < -0.3 is 9.80 Å². The van der Waals surface area contributed by atoms with E-state index in [4.69, 9.17) is 0 Å². The molecule has 1 saturated carbocycles. The zero-order chi connectivity index (χ0) is 13.9. The third-order valence-corrected chi connectivity index (χ3v) is 6.47. The Morgan fingerprint density at radius 2 is 1.40 bits per heavy atom. The summed E-state index contributed by atoms with van der Waals surface area (Å²) in [7, 11) is 2.28. The Morgan fingerprint density at radius 3 is 2.00 bits per heavy atom. The third kappa shape index (κ3) is 3.57. The van der Waals surface area contributed by atoms with Crippen molar-refractivity contribution in [1.29, 1.82) is 0 Å². The molecule has 3 rings (SSSR count). The van der Waals surface area contributed by atoms with E-state index in [1.807, 2.05) is 0 Å². The van der Waals surface area contributed by atoms with E-state index in [0.717, 1.165) is 23.7 Å². The summed E-state index contributed by atoms with van der Waals surface area (Å²) >= 11 is 0. The lowest BCUT2D eigenvalue weighted by molar-refractivity contribution is 0.0692. The summed E-state index contributed by atoms with van der Waals surface area (Å²) in [6.07, 6.45) is 10.7. The second-order valence-corrected chi connectivity index (χ2v) is 7.88. The molecule has 20 heavy (non-hydrogen) atoms. The Labute approximate surface area is 125 Å². The molecule has 0 N–H and O–H groups in total. The van der Waals surface area contributed by atoms with Crippen molar-refractivity contribution in [2.75, 3.05) is 39.8 Å². The average molecular weight is 278 g/mol. The number of piperidine rings is 1. The third-order valence-electron chi connectivity index (χ3n) is 6.47. The fraction of sp³-hybridized carbons (Fsp3) is 1.00. The number of hydrogen-bond donors (Lipinski definition) is 0. The first-order valence-electron chi connectivity index (χ1n) is 9.15. The Balaban J connectivity index is 1.35. The molecule has 2 nitrogen and oxygen atoms in total. The summed E-state index contributed by atoms with van der Waals surface area (Å²) in [6, 6.07) is 0. The monoisotopic (exact) mass is 278 g/mol. The normalized spacial score (nSPS) is 35.1. The summed E-state index contributed by atoms with van der Waals surface area (Å²) in [4.78, 5) is 5.10. The predicted octanol–water partition coefficient (Wildman–Crippen LogP) is 3.48. The summed E-state index contributed by atoms with van der Waals surface area (Å²) < 4.78 is 0. The van der Waals surface area contributed by atoms with Gasteiger partial charge in [0.25, 0.3) is 0 Å². The molecular weight excluding hydrogens is 244 g/mol. The van der Waals surface area contributed by atoms with Crippen LogP contribution in [0.4, 0.5) is 0 Å². The maximum atomic E-state index is 2.59. The summed E-state index contributed by atoms with van der Waals surface area (Å²) in [5.74, 6) is 4.25. The maximum Gasteiger partial charge on any atom is 0.00220 e. The zero-order valence-corrected chi connectivity index (χ0v) is 13.7. The molecule has 0 radical (unpaired) electrons. The van der Waals surface area contributed by atoms with Crippen molar-refractivity contribution in [3.63, 3.8) is 0 Å². The Hall–Kier alpha value is -0.0800. The van der Waals surface area contributed by atoms with Crippen molar-refractivity contribution in [2.24, 2.45) is 23.7 Å². The lowest BCUT2D eigenvalue weighted by Crippen LogP contribution is -2.47. The van der Waals surface area contributed by atoms with Crippen LogP contribution >= 0.6 is 0 Å². The van der Waals surface area contributed by atoms with E-state index < -0.39 is 0 Å². The Bertz CT molecular complexity index is 282. The van der Waals surface area contributed by atoms with Crippen LogP contribution < -0.4 is 0 Å². The molecule has 0 bridgehead atoms. The Kier molecular flexibility index (Phi) is 5.04. The fourth-order valence-corrected chi connectivity index (χ4v) is 4.95. The van der Waals surface area contributed by atoms with Crippen LogP contribution in [0.1, 0.15) is 51.9 Å². The van der Waals surface area contributed by atoms with E-state index in [-0.39, 0.29) is 0 Å². The van der Waals surface area contributed by atoms with Crippen molar-refractivity contribution in [2.45, 2.75) is 51.9 Å². The highest BCUT2D eigenvalue weighted by Crippen LogP contribution is 2.40. The van der Waals surface area contributed by atoms with Crippen LogP contribution in [0.15, 0.2) is 0 Å². The van der Waals surface area contributed by atoms with Gasteiger partial charge in [-0.2, -0.15) is 0 Å². The van der Waals surface area contributed by atoms with Crippen molar-refractivity contribution in [3.05, 3.63) is 0 Å². The maximum absolute atomic E-state index is 2.59. The van der Waals surface area contributed by atoms with Gasteiger partial charge in [0.15, 0.2) is 0 Å². The van der Waals surface area contributed by atoms with E-state index in [1.165, 1.54) is 52.0 Å². The fourth-order valence-electron chi connectivity index (χ4n) is 4.95. The quantitative estimate of drug-likeness (QED) is 0.777. The largest absolute Gasteiger partial charge is 0.306 e. The smallest absolute Gasteiger partial charge is 0.00220 e. The molecular formula is C18H34N2. The average Bonchev–Trinajstić information content (AvgIpc) is 2.44. The van der Waals surface area contributed by atoms with Crippen molar-refractivity contribution in [3.8, 4) is 0 Å². The van der Waals surface area contributed by atoms with Gasteiger partial charge in [0, 0.05) is 13.1 Å². The minimum absolute atomic E-state index is 1.04. The van der Waals surface area contributed by atoms with Crippen LogP contribution in [0, 0.1) is 23.7 Å². The molecule has 116 valence electrons. The van der Waals surface area contributed by atoms with Crippen LogP contribution in [-0.4, -0.2) is 49.6 Å². The molecule has 2 saturated heterocycles. The van der Waals surface area contributed by atoms with Crippen LogP contribution in [-0.2, 0) is 0 Å². The lowest BCUT2D eigenvalue weighted by Gasteiger charge is -2.42. The molecule has 2 heteroatoms. The highest BCUT2D eigenvalue weighted by atomic mass is 15.2. The lowest BCUT2D eigenvalue weighted by atomic mass is 9.70. The van der Waals surface area contributed by atoms with E-state index in [1.54, 1.807) is 25.7 Å². The van der Waals surface area contributed by atoms with Crippen LogP contribution in [0.25, 0.3) is 0 Å². The minimum Gasteiger partial charge on any atom is -0.306 e. The molecule has 0 spiro atoms. The molecule has 3 aliphatic rings. The van der Waals surface area contributed by atoms with Crippen molar-refractivity contribution < 1.29 is 0 Å².